The zero-order valence-electron chi connectivity index (χ0n) is 8.73. The van der Waals surface area contributed by atoms with Crippen LogP contribution in [0.5, 0.6) is 0 Å². The van der Waals surface area contributed by atoms with Crippen LogP contribution in [0.4, 0.5) is 5.69 Å². The third-order valence-electron chi connectivity index (χ3n) is 1.92. The summed E-state index contributed by atoms with van der Waals surface area (Å²) < 4.78 is 0. The van der Waals surface area contributed by atoms with Crippen LogP contribution in [0.1, 0.15) is 23.8 Å². The van der Waals surface area contributed by atoms with Gasteiger partial charge in [0, 0.05) is 6.04 Å². The maximum Gasteiger partial charge on any atom is 0.270 e. The maximum absolute atomic E-state index is 11.6. The Morgan fingerprint density at radius 2 is 2.47 bits per heavy atom. The van der Waals surface area contributed by atoms with Crippen molar-refractivity contribution in [1.29, 1.82) is 0 Å². The lowest BCUT2D eigenvalue weighted by Gasteiger charge is -2.10. The highest BCUT2D eigenvalue weighted by atomic mass is 16.1. The number of nitrogen functional groups attached to an aromatic ring is 1. The van der Waals surface area contributed by atoms with Crippen LogP contribution >= 0.6 is 0 Å². The van der Waals surface area contributed by atoms with E-state index in [-0.39, 0.29) is 11.9 Å². The minimum atomic E-state index is -0.190. The molecule has 1 amide bonds. The summed E-state index contributed by atoms with van der Waals surface area (Å²) in [5.74, 6) is -0.190. The van der Waals surface area contributed by atoms with E-state index in [1.807, 2.05) is 6.92 Å². The Kier molecular flexibility index (Phi) is 3.85. The molecule has 3 N–H and O–H groups in total. The minimum absolute atomic E-state index is 0.0642. The van der Waals surface area contributed by atoms with Crippen molar-refractivity contribution >= 4 is 11.6 Å². The van der Waals surface area contributed by atoms with Crippen LogP contribution in [0.15, 0.2) is 31.0 Å². The largest absolute Gasteiger partial charge is 0.397 e. The van der Waals surface area contributed by atoms with Crippen molar-refractivity contribution in [3.8, 4) is 0 Å². The van der Waals surface area contributed by atoms with Gasteiger partial charge in [0.2, 0.25) is 0 Å². The molecule has 0 saturated heterocycles. The predicted octanol–water partition coefficient (Wildman–Crippen LogP) is 1.36. The predicted molar refractivity (Wildman–Crippen MR) is 60.4 cm³/mol. The maximum atomic E-state index is 11.6. The smallest absolute Gasteiger partial charge is 0.270 e. The first-order chi connectivity index (χ1) is 7.13. The number of anilines is 1. The summed E-state index contributed by atoms with van der Waals surface area (Å²) >= 11 is 0. The number of hydrogen-bond acceptors (Lipinski definition) is 3. The third kappa shape index (κ3) is 3.42. The highest BCUT2D eigenvalue weighted by molar-refractivity contribution is 5.92. The van der Waals surface area contributed by atoms with Gasteiger partial charge < -0.3 is 11.1 Å². The lowest BCUT2D eigenvalue weighted by Crippen LogP contribution is -2.32. The molecule has 80 valence electrons. The molecule has 1 unspecified atom stereocenters. The zero-order chi connectivity index (χ0) is 11.3. The summed E-state index contributed by atoms with van der Waals surface area (Å²) in [7, 11) is 0. The average Bonchev–Trinajstić information content (AvgIpc) is 2.18. The molecule has 1 atom stereocenters. The van der Waals surface area contributed by atoms with E-state index in [0.717, 1.165) is 6.42 Å². The quantitative estimate of drug-likeness (QED) is 0.729. The molecular weight excluding hydrogens is 190 g/mol. The van der Waals surface area contributed by atoms with Gasteiger partial charge in [-0.15, -0.1) is 6.58 Å². The normalized spacial score (nSPS) is 11.8. The van der Waals surface area contributed by atoms with E-state index in [9.17, 15) is 4.79 Å². The van der Waals surface area contributed by atoms with Gasteiger partial charge in [-0.2, -0.15) is 0 Å². The first-order valence-electron chi connectivity index (χ1n) is 4.76. The molecule has 0 bridgehead atoms. The first kappa shape index (κ1) is 11.2. The van der Waals surface area contributed by atoms with E-state index >= 15 is 0 Å². The number of carbonyl (C=O) groups is 1. The van der Waals surface area contributed by atoms with Gasteiger partial charge in [-0.3, -0.25) is 4.79 Å². The lowest BCUT2D eigenvalue weighted by atomic mass is 10.2. The minimum Gasteiger partial charge on any atom is -0.397 e. The summed E-state index contributed by atoms with van der Waals surface area (Å²) in [6.07, 6.45) is 3.97. The lowest BCUT2D eigenvalue weighted by molar-refractivity contribution is 0.0935. The van der Waals surface area contributed by atoms with Crippen LogP contribution in [-0.4, -0.2) is 16.9 Å². The van der Waals surface area contributed by atoms with Crippen LogP contribution in [0, 0.1) is 0 Å². The second-order valence-corrected chi connectivity index (χ2v) is 3.38. The van der Waals surface area contributed by atoms with E-state index in [4.69, 9.17) is 5.73 Å². The number of hydrogen-bond donors (Lipinski definition) is 2. The Bertz CT molecular complexity index is 345. The number of aromatic nitrogens is 1. The Balaban J connectivity index is 2.61. The third-order valence-corrected chi connectivity index (χ3v) is 1.92. The van der Waals surface area contributed by atoms with E-state index in [0.29, 0.717) is 11.4 Å². The van der Waals surface area contributed by atoms with Gasteiger partial charge in [-0.25, -0.2) is 4.98 Å². The number of carbonyl (C=O) groups excluding carboxylic acids is 1. The van der Waals surface area contributed by atoms with Crippen LogP contribution in [0.3, 0.4) is 0 Å². The molecule has 0 fully saturated rings. The summed E-state index contributed by atoms with van der Waals surface area (Å²) in [5, 5.41) is 2.80. The van der Waals surface area contributed by atoms with E-state index in [1.165, 1.54) is 6.20 Å². The number of nitrogens with two attached hydrogens (primary N) is 1. The molecule has 1 heterocycles. The zero-order valence-corrected chi connectivity index (χ0v) is 8.73. The molecule has 0 aliphatic carbocycles. The Labute approximate surface area is 89.2 Å². The number of nitrogens with one attached hydrogen (secondary N) is 1. The van der Waals surface area contributed by atoms with Gasteiger partial charge in [0.1, 0.15) is 5.69 Å². The average molecular weight is 205 g/mol. The highest BCUT2D eigenvalue weighted by Crippen LogP contribution is 2.01. The fourth-order valence-electron chi connectivity index (χ4n) is 1.15. The van der Waals surface area contributed by atoms with Gasteiger partial charge in [0.15, 0.2) is 0 Å². The van der Waals surface area contributed by atoms with Crippen molar-refractivity contribution in [2.45, 2.75) is 19.4 Å². The molecule has 0 aromatic carbocycles. The molecule has 0 saturated carbocycles. The standard InChI is InChI=1S/C11H15N3O/c1-3-4-8(2)14-11(15)10-6-5-9(12)7-13-10/h3,5-8H,1,4,12H2,2H3,(H,14,15). The molecule has 0 aliphatic rings. The van der Waals surface area contributed by atoms with Crippen molar-refractivity contribution in [3.63, 3.8) is 0 Å². The van der Waals surface area contributed by atoms with Gasteiger partial charge in [-0.1, -0.05) is 6.08 Å². The first-order valence-corrected chi connectivity index (χ1v) is 4.76. The molecule has 0 aliphatic heterocycles. The number of rotatable bonds is 4. The second kappa shape index (κ2) is 5.14. The summed E-state index contributed by atoms with van der Waals surface area (Å²) in [4.78, 5) is 15.5. The van der Waals surface area contributed by atoms with Crippen molar-refractivity contribution < 1.29 is 4.79 Å². The Morgan fingerprint density at radius 3 is 3.00 bits per heavy atom. The molecule has 4 nitrogen and oxygen atoms in total. The van der Waals surface area contributed by atoms with Gasteiger partial charge >= 0.3 is 0 Å². The molecule has 1 aromatic heterocycles. The molecule has 0 spiro atoms. The summed E-state index contributed by atoms with van der Waals surface area (Å²) in [5.41, 5.74) is 6.39. The van der Waals surface area contributed by atoms with E-state index < -0.39 is 0 Å². The fourth-order valence-corrected chi connectivity index (χ4v) is 1.15. The monoisotopic (exact) mass is 205 g/mol. The number of nitrogens with zero attached hydrogens (tertiary/aromatic N) is 1. The molecule has 1 aromatic rings. The second-order valence-electron chi connectivity index (χ2n) is 3.38. The van der Waals surface area contributed by atoms with E-state index in [1.54, 1.807) is 18.2 Å². The molecule has 1 rings (SSSR count). The van der Waals surface area contributed by atoms with Crippen LogP contribution < -0.4 is 11.1 Å². The SMILES string of the molecule is C=CCC(C)NC(=O)c1ccc(N)cn1. The van der Waals surface area contributed by atoms with Crippen molar-refractivity contribution in [2.75, 3.05) is 5.73 Å². The van der Waals surface area contributed by atoms with Gasteiger partial charge in [0.25, 0.3) is 5.91 Å². The summed E-state index contributed by atoms with van der Waals surface area (Å²) in [6, 6.07) is 3.32. The number of pyridine rings is 1. The van der Waals surface area contributed by atoms with Gasteiger partial charge in [-0.05, 0) is 25.5 Å². The highest BCUT2D eigenvalue weighted by Gasteiger charge is 2.09. The van der Waals surface area contributed by atoms with Crippen molar-refractivity contribution in [2.24, 2.45) is 0 Å². The molecular formula is C11H15N3O. The molecule has 4 heteroatoms. The fraction of sp³-hybridized carbons (Fsp3) is 0.273. The van der Waals surface area contributed by atoms with Gasteiger partial charge in [0.05, 0.1) is 11.9 Å². The molecule has 0 radical (unpaired) electrons. The topological polar surface area (TPSA) is 68.0 Å². The van der Waals surface area contributed by atoms with E-state index in [2.05, 4.69) is 16.9 Å². The van der Waals surface area contributed by atoms with Crippen LogP contribution in [0.2, 0.25) is 0 Å². The molecule has 15 heavy (non-hydrogen) atoms. The number of amides is 1. The van der Waals surface area contributed by atoms with Crippen molar-refractivity contribution in [1.82, 2.24) is 10.3 Å². The Hall–Kier alpha value is -1.84. The Morgan fingerprint density at radius 1 is 1.73 bits per heavy atom. The van der Waals surface area contributed by atoms with Crippen molar-refractivity contribution in [3.05, 3.63) is 36.7 Å². The summed E-state index contributed by atoms with van der Waals surface area (Å²) in [6.45, 7) is 5.52. The van der Waals surface area contributed by atoms with Crippen LogP contribution in [-0.2, 0) is 0 Å². The van der Waals surface area contributed by atoms with Crippen LogP contribution in [0.25, 0.3) is 0 Å².